The first-order valence-corrected chi connectivity index (χ1v) is 7.19. The second kappa shape index (κ2) is 6.09. The predicted molar refractivity (Wildman–Crippen MR) is 77.8 cm³/mol. The van der Waals surface area contributed by atoms with Crippen LogP contribution in [0, 0.1) is 5.92 Å². The fourth-order valence-electron chi connectivity index (χ4n) is 2.34. The predicted octanol–water partition coefficient (Wildman–Crippen LogP) is 3.41. The van der Waals surface area contributed by atoms with Gasteiger partial charge in [0.25, 0.3) is 0 Å². The van der Waals surface area contributed by atoms with Crippen molar-refractivity contribution in [3.05, 3.63) is 35.9 Å². The van der Waals surface area contributed by atoms with Crippen molar-refractivity contribution in [1.82, 2.24) is 10.2 Å². The van der Waals surface area contributed by atoms with Crippen molar-refractivity contribution < 1.29 is 4.79 Å². The molecule has 0 aromatic heterocycles. The molecule has 0 spiro atoms. The Labute approximate surface area is 116 Å². The zero-order valence-electron chi connectivity index (χ0n) is 12.1. The molecule has 1 atom stereocenters. The number of rotatable bonds is 5. The fraction of sp³-hybridized carbons (Fsp3) is 0.562. The maximum absolute atomic E-state index is 12.3. The van der Waals surface area contributed by atoms with Gasteiger partial charge in [-0.2, -0.15) is 0 Å². The first-order valence-electron chi connectivity index (χ1n) is 7.19. The number of hydrogen-bond acceptors (Lipinski definition) is 1. The fourth-order valence-corrected chi connectivity index (χ4v) is 2.34. The summed E-state index contributed by atoms with van der Waals surface area (Å²) in [7, 11) is 0. The van der Waals surface area contributed by atoms with E-state index in [2.05, 4.69) is 24.4 Å². The van der Waals surface area contributed by atoms with E-state index < -0.39 is 0 Å². The number of nitrogens with one attached hydrogen (secondary N) is 1. The van der Waals surface area contributed by atoms with Crippen LogP contribution in [-0.2, 0) is 6.54 Å². The number of urea groups is 1. The van der Waals surface area contributed by atoms with Crippen molar-refractivity contribution in [3.8, 4) is 0 Å². The Morgan fingerprint density at radius 2 is 1.89 bits per heavy atom. The highest BCUT2D eigenvalue weighted by Gasteiger charge is 2.34. The van der Waals surface area contributed by atoms with E-state index in [1.165, 1.54) is 18.4 Å². The summed E-state index contributed by atoms with van der Waals surface area (Å²) >= 11 is 0. The topological polar surface area (TPSA) is 32.3 Å². The summed E-state index contributed by atoms with van der Waals surface area (Å²) in [4.78, 5) is 14.3. The molecule has 3 heteroatoms. The number of carbonyl (C=O) groups is 1. The third-order valence-corrected chi connectivity index (χ3v) is 3.66. The molecule has 1 unspecified atom stereocenters. The van der Waals surface area contributed by atoms with E-state index in [1.54, 1.807) is 0 Å². The second-order valence-corrected chi connectivity index (χ2v) is 5.80. The largest absolute Gasteiger partial charge is 0.336 e. The van der Waals surface area contributed by atoms with Crippen LogP contribution in [0.2, 0.25) is 0 Å². The Morgan fingerprint density at radius 3 is 2.42 bits per heavy atom. The van der Waals surface area contributed by atoms with Crippen molar-refractivity contribution >= 4 is 6.03 Å². The van der Waals surface area contributed by atoms with Gasteiger partial charge < -0.3 is 10.2 Å². The van der Waals surface area contributed by atoms with Crippen molar-refractivity contribution in [2.45, 2.75) is 52.2 Å². The van der Waals surface area contributed by atoms with Gasteiger partial charge >= 0.3 is 6.03 Å². The average molecular weight is 260 g/mol. The molecule has 1 aromatic rings. The Bertz CT molecular complexity index is 412. The molecular weight excluding hydrogens is 236 g/mol. The highest BCUT2D eigenvalue weighted by Crippen LogP contribution is 2.35. The van der Waals surface area contributed by atoms with Crippen LogP contribution < -0.4 is 5.32 Å². The quantitative estimate of drug-likeness (QED) is 0.864. The van der Waals surface area contributed by atoms with E-state index in [0.29, 0.717) is 18.5 Å². The lowest BCUT2D eigenvalue weighted by Gasteiger charge is -2.30. The van der Waals surface area contributed by atoms with Crippen LogP contribution in [0.5, 0.6) is 0 Å². The first-order chi connectivity index (χ1) is 9.08. The van der Waals surface area contributed by atoms with Gasteiger partial charge in [0, 0.05) is 18.6 Å². The monoisotopic (exact) mass is 260 g/mol. The first kappa shape index (κ1) is 13.9. The Hall–Kier alpha value is -1.51. The molecule has 1 N–H and O–H groups in total. The van der Waals surface area contributed by atoms with Gasteiger partial charge in [-0.15, -0.1) is 0 Å². The van der Waals surface area contributed by atoms with E-state index in [4.69, 9.17) is 0 Å². The van der Waals surface area contributed by atoms with E-state index >= 15 is 0 Å². The standard InChI is InChI=1S/C16H24N2O/c1-12(2)17-16(19)18(13(3)15-9-10-15)11-14-7-5-4-6-8-14/h4-8,12-13,15H,9-11H2,1-3H3,(H,17,19). The summed E-state index contributed by atoms with van der Waals surface area (Å²) in [6, 6.07) is 10.8. The summed E-state index contributed by atoms with van der Waals surface area (Å²) < 4.78 is 0. The van der Waals surface area contributed by atoms with Crippen molar-refractivity contribution in [1.29, 1.82) is 0 Å². The Kier molecular flexibility index (Phi) is 4.46. The van der Waals surface area contributed by atoms with Gasteiger partial charge in [-0.3, -0.25) is 0 Å². The summed E-state index contributed by atoms with van der Waals surface area (Å²) in [6.07, 6.45) is 2.50. The van der Waals surface area contributed by atoms with Crippen LogP contribution in [0.25, 0.3) is 0 Å². The zero-order chi connectivity index (χ0) is 13.8. The minimum Gasteiger partial charge on any atom is -0.336 e. The third-order valence-electron chi connectivity index (χ3n) is 3.66. The molecule has 1 fully saturated rings. The van der Waals surface area contributed by atoms with Crippen LogP contribution in [0.4, 0.5) is 4.79 Å². The smallest absolute Gasteiger partial charge is 0.318 e. The molecule has 0 heterocycles. The Balaban J connectivity index is 2.07. The maximum atomic E-state index is 12.3. The van der Waals surface area contributed by atoms with Gasteiger partial charge in [-0.1, -0.05) is 30.3 Å². The molecule has 0 aliphatic heterocycles. The van der Waals surface area contributed by atoms with Gasteiger partial charge in [0.1, 0.15) is 0 Å². The number of nitrogens with zero attached hydrogens (tertiary/aromatic N) is 1. The molecule has 1 aromatic carbocycles. The second-order valence-electron chi connectivity index (χ2n) is 5.80. The van der Waals surface area contributed by atoms with Gasteiger partial charge in [0.05, 0.1) is 0 Å². The van der Waals surface area contributed by atoms with Gasteiger partial charge in [0.15, 0.2) is 0 Å². The molecular formula is C16H24N2O. The number of hydrogen-bond donors (Lipinski definition) is 1. The third kappa shape index (κ3) is 3.98. The summed E-state index contributed by atoms with van der Waals surface area (Å²) in [5.74, 6) is 0.682. The summed E-state index contributed by atoms with van der Waals surface area (Å²) in [5, 5.41) is 3.01. The van der Waals surface area contributed by atoms with Crippen LogP contribution >= 0.6 is 0 Å². The Morgan fingerprint density at radius 1 is 1.26 bits per heavy atom. The highest BCUT2D eigenvalue weighted by molar-refractivity contribution is 5.74. The normalized spacial score (nSPS) is 16.2. The molecule has 3 nitrogen and oxygen atoms in total. The number of amides is 2. The van der Waals surface area contributed by atoms with Gasteiger partial charge in [0.2, 0.25) is 0 Å². The minimum absolute atomic E-state index is 0.0539. The molecule has 0 saturated heterocycles. The van der Waals surface area contributed by atoms with Crippen LogP contribution in [0.15, 0.2) is 30.3 Å². The van der Waals surface area contributed by atoms with Crippen molar-refractivity contribution in [3.63, 3.8) is 0 Å². The van der Waals surface area contributed by atoms with Crippen LogP contribution in [0.3, 0.4) is 0 Å². The molecule has 1 aliphatic rings. The lowest BCUT2D eigenvalue weighted by molar-refractivity contribution is 0.165. The molecule has 2 amide bonds. The average Bonchev–Trinajstić information content (AvgIpc) is 3.19. The molecule has 2 rings (SSSR count). The summed E-state index contributed by atoms with van der Waals surface area (Å²) in [5.41, 5.74) is 1.19. The summed E-state index contributed by atoms with van der Waals surface area (Å²) in [6.45, 7) is 6.86. The molecule has 19 heavy (non-hydrogen) atoms. The lowest BCUT2D eigenvalue weighted by Crippen LogP contribution is -2.47. The SMILES string of the molecule is CC(C)NC(=O)N(Cc1ccccc1)C(C)C1CC1. The zero-order valence-corrected chi connectivity index (χ0v) is 12.1. The van der Waals surface area contributed by atoms with E-state index in [0.717, 1.165) is 0 Å². The highest BCUT2D eigenvalue weighted by atomic mass is 16.2. The van der Waals surface area contributed by atoms with Gasteiger partial charge in [-0.05, 0) is 45.1 Å². The van der Waals surface area contributed by atoms with E-state index in [1.807, 2.05) is 36.9 Å². The van der Waals surface area contributed by atoms with Crippen LogP contribution in [0.1, 0.15) is 39.2 Å². The van der Waals surface area contributed by atoms with Crippen LogP contribution in [-0.4, -0.2) is 23.0 Å². The van der Waals surface area contributed by atoms with Crippen molar-refractivity contribution in [2.75, 3.05) is 0 Å². The maximum Gasteiger partial charge on any atom is 0.318 e. The van der Waals surface area contributed by atoms with E-state index in [9.17, 15) is 4.79 Å². The number of carbonyl (C=O) groups excluding carboxylic acids is 1. The molecule has 1 aliphatic carbocycles. The molecule has 0 radical (unpaired) electrons. The number of benzene rings is 1. The van der Waals surface area contributed by atoms with Gasteiger partial charge in [-0.25, -0.2) is 4.79 Å². The molecule has 0 bridgehead atoms. The lowest BCUT2D eigenvalue weighted by atomic mass is 10.1. The van der Waals surface area contributed by atoms with Crippen molar-refractivity contribution in [2.24, 2.45) is 5.92 Å². The molecule has 1 saturated carbocycles. The minimum atomic E-state index is 0.0539. The molecule has 104 valence electrons. The van der Waals surface area contributed by atoms with E-state index in [-0.39, 0.29) is 12.1 Å².